The molecule has 92 valence electrons. The van der Waals surface area contributed by atoms with E-state index in [9.17, 15) is 0 Å². The van der Waals surface area contributed by atoms with Crippen LogP contribution in [0.1, 0.15) is 49.8 Å². The van der Waals surface area contributed by atoms with E-state index in [-0.39, 0.29) is 0 Å². The highest BCUT2D eigenvalue weighted by Crippen LogP contribution is 2.19. The zero-order valence-corrected chi connectivity index (χ0v) is 11.7. The normalized spacial score (nSPS) is 12.9. The Labute approximate surface area is 104 Å². The lowest BCUT2D eigenvalue weighted by atomic mass is 10.1. The maximum atomic E-state index is 3.65. The van der Waals surface area contributed by atoms with Crippen molar-refractivity contribution in [3.63, 3.8) is 0 Å². The van der Waals surface area contributed by atoms with Gasteiger partial charge in [-0.3, -0.25) is 0 Å². The minimum Gasteiger partial charge on any atom is -0.314 e. The summed E-state index contributed by atoms with van der Waals surface area (Å²) < 4.78 is 0. The Bertz CT molecular complexity index is 280. The van der Waals surface area contributed by atoms with Gasteiger partial charge >= 0.3 is 0 Å². The molecule has 0 radical (unpaired) electrons. The van der Waals surface area contributed by atoms with Crippen LogP contribution < -0.4 is 5.32 Å². The Balaban J connectivity index is 2.46. The van der Waals surface area contributed by atoms with Gasteiger partial charge in [0.15, 0.2) is 0 Å². The molecule has 0 aliphatic carbocycles. The van der Waals surface area contributed by atoms with Crippen molar-refractivity contribution in [2.45, 2.75) is 58.9 Å². The van der Waals surface area contributed by atoms with Crippen LogP contribution in [0.2, 0.25) is 0 Å². The summed E-state index contributed by atoms with van der Waals surface area (Å²) in [6, 6.07) is 5.26. The van der Waals surface area contributed by atoms with Crippen LogP contribution in [-0.4, -0.2) is 12.6 Å². The molecule has 0 aromatic carbocycles. The number of aryl methyl sites for hydroxylation is 1. The first-order valence-electron chi connectivity index (χ1n) is 6.61. The predicted molar refractivity (Wildman–Crippen MR) is 74.4 cm³/mol. The van der Waals surface area contributed by atoms with E-state index < -0.39 is 0 Å². The molecule has 0 aliphatic heterocycles. The standard InChI is InChI=1S/C14H25NS/c1-4-7-12(15-10-5-2)11-14-9-8-13(6-3)16-14/h8-9,12,15H,4-7,10-11H2,1-3H3. The van der Waals surface area contributed by atoms with Crippen molar-refractivity contribution >= 4 is 11.3 Å². The highest BCUT2D eigenvalue weighted by atomic mass is 32.1. The minimum absolute atomic E-state index is 0.674. The quantitative estimate of drug-likeness (QED) is 0.722. The van der Waals surface area contributed by atoms with E-state index in [1.54, 1.807) is 4.88 Å². The van der Waals surface area contributed by atoms with Crippen molar-refractivity contribution in [2.24, 2.45) is 0 Å². The Morgan fingerprint density at radius 1 is 1.12 bits per heavy atom. The zero-order chi connectivity index (χ0) is 11.8. The SMILES string of the molecule is CCCNC(CCC)Cc1ccc(CC)s1. The van der Waals surface area contributed by atoms with Gasteiger partial charge in [0.2, 0.25) is 0 Å². The van der Waals surface area contributed by atoms with Crippen LogP contribution in [-0.2, 0) is 12.8 Å². The Morgan fingerprint density at radius 2 is 1.88 bits per heavy atom. The summed E-state index contributed by atoms with van der Waals surface area (Å²) in [5.74, 6) is 0. The highest BCUT2D eigenvalue weighted by Gasteiger charge is 2.09. The fourth-order valence-electron chi connectivity index (χ4n) is 1.94. The maximum Gasteiger partial charge on any atom is 0.0115 e. The molecule has 0 saturated carbocycles. The summed E-state index contributed by atoms with van der Waals surface area (Å²) >= 11 is 1.98. The third-order valence-corrected chi connectivity index (χ3v) is 4.09. The van der Waals surface area contributed by atoms with Crippen LogP contribution in [0.4, 0.5) is 0 Å². The summed E-state index contributed by atoms with van der Waals surface area (Å²) in [4.78, 5) is 3.06. The second kappa shape index (κ2) is 7.86. The molecule has 16 heavy (non-hydrogen) atoms. The Hall–Kier alpha value is -0.340. The molecule has 0 bridgehead atoms. The smallest absolute Gasteiger partial charge is 0.0115 e. The molecule has 1 aromatic rings. The molecular formula is C14H25NS. The van der Waals surface area contributed by atoms with Gasteiger partial charge in [-0.15, -0.1) is 11.3 Å². The van der Waals surface area contributed by atoms with E-state index in [0.717, 1.165) is 6.54 Å². The Kier molecular flexibility index (Phi) is 6.74. The predicted octanol–water partition coefficient (Wildman–Crippen LogP) is 4.02. The number of hydrogen-bond acceptors (Lipinski definition) is 2. The van der Waals surface area contributed by atoms with Gasteiger partial charge in [-0.2, -0.15) is 0 Å². The average molecular weight is 239 g/mol. The second-order valence-electron chi connectivity index (χ2n) is 4.37. The lowest BCUT2D eigenvalue weighted by molar-refractivity contribution is 0.475. The molecule has 1 atom stereocenters. The summed E-state index contributed by atoms with van der Waals surface area (Å²) in [5, 5.41) is 3.65. The molecule has 1 unspecified atom stereocenters. The minimum atomic E-state index is 0.674. The summed E-state index contributed by atoms with van der Waals surface area (Å²) in [7, 11) is 0. The monoisotopic (exact) mass is 239 g/mol. The third kappa shape index (κ3) is 4.67. The molecule has 0 spiro atoms. The van der Waals surface area contributed by atoms with E-state index in [2.05, 4.69) is 38.2 Å². The van der Waals surface area contributed by atoms with E-state index in [1.165, 1.54) is 37.0 Å². The van der Waals surface area contributed by atoms with Gasteiger partial charge in [-0.25, -0.2) is 0 Å². The van der Waals surface area contributed by atoms with Crippen LogP contribution in [0.5, 0.6) is 0 Å². The van der Waals surface area contributed by atoms with Crippen LogP contribution in [0.3, 0.4) is 0 Å². The van der Waals surface area contributed by atoms with Crippen LogP contribution in [0.15, 0.2) is 12.1 Å². The molecule has 0 amide bonds. The maximum absolute atomic E-state index is 3.65. The van der Waals surface area contributed by atoms with E-state index >= 15 is 0 Å². The summed E-state index contributed by atoms with van der Waals surface area (Å²) in [6.45, 7) is 7.88. The molecule has 1 aromatic heterocycles. The van der Waals surface area contributed by atoms with Crippen molar-refractivity contribution in [1.29, 1.82) is 0 Å². The fourth-order valence-corrected chi connectivity index (χ4v) is 2.98. The first-order valence-corrected chi connectivity index (χ1v) is 7.42. The number of hydrogen-bond donors (Lipinski definition) is 1. The van der Waals surface area contributed by atoms with E-state index in [4.69, 9.17) is 0 Å². The van der Waals surface area contributed by atoms with Crippen molar-refractivity contribution in [3.8, 4) is 0 Å². The number of nitrogens with one attached hydrogen (secondary N) is 1. The largest absolute Gasteiger partial charge is 0.314 e. The van der Waals surface area contributed by atoms with Gasteiger partial charge in [0.1, 0.15) is 0 Å². The second-order valence-corrected chi connectivity index (χ2v) is 5.62. The molecular weight excluding hydrogens is 214 g/mol. The van der Waals surface area contributed by atoms with E-state index in [1.807, 2.05) is 11.3 Å². The highest BCUT2D eigenvalue weighted by molar-refractivity contribution is 7.11. The van der Waals surface area contributed by atoms with Gasteiger partial charge in [0, 0.05) is 15.8 Å². The molecule has 0 fully saturated rings. The molecule has 2 heteroatoms. The first kappa shape index (κ1) is 13.7. The van der Waals surface area contributed by atoms with Gasteiger partial charge in [0.25, 0.3) is 0 Å². The first-order chi connectivity index (χ1) is 7.80. The van der Waals surface area contributed by atoms with Gasteiger partial charge in [-0.05, 0) is 44.4 Å². The number of thiophene rings is 1. The van der Waals surface area contributed by atoms with Gasteiger partial charge < -0.3 is 5.32 Å². The Morgan fingerprint density at radius 3 is 2.44 bits per heavy atom. The molecule has 1 nitrogen and oxygen atoms in total. The number of rotatable bonds is 8. The zero-order valence-electron chi connectivity index (χ0n) is 10.9. The van der Waals surface area contributed by atoms with E-state index in [0.29, 0.717) is 6.04 Å². The average Bonchev–Trinajstić information content (AvgIpc) is 2.74. The van der Waals surface area contributed by atoms with Gasteiger partial charge in [0.05, 0.1) is 0 Å². The lowest BCUT2D eigenvalue weighted by Crippen LogP contribution is -2.31. The molecule has 0 aliphatic rings. The van der Waals surface area contributed by atoms with Crippen LogP contribution in [0, 0.1) is 0 Å². The summed E-state index contributed by atoms with van der Waals surface area (Å²) in [5.41, 5.74) is 0. The molecule has 1 heterocycles. The van der Waals surface area contributed by atoms with Gasteiger partial charge in [-0.1, -0.05) is 27.2 Å². The van der Waals surface area contributed by atoms with Crippen LogP contribution >= 0.6 is 11.3 Å². The molecule has 1 N–H and O–H groups in total. The van der Waals surface area contributed by atoms with Crippen LogP contribution in [0.25, 0.3) is 0 Å². The molecule has 1 rings (SSSR count). The van der Waals surface area contributed by atoms with Crippen molar-refractivity contribution in [2.75, 3.05) is 6.54 Å². The fraction of sp³-hybridized carbons (Fsp3) is 0.714. The lowest BCUT2D eigenvalue weighted by Gasteiger charge is -2.16. The summed E-state index contributed by atoms with van der Waals surface area (Å²) in [6.07, 6.45) is 6.17. The van der Waals surface area contributed by atoms with Crippen molar-refractivity contribution in [1.82, 2.24) is 5.32 Å². The van der Waals surface area contributed by atoms with Crippen molar-refractivity contribution < 1.29 is 0 Å². The van der Waals surface area contributed by atoms with Crippen molar-refractivity contribution in [3.05, 3.63) is 21.9 Å². The molecule has 0 saturated heterocycles. The third-order valence-electron chi connectivity index (χ3n) is 2.83. The topological polar surface area (TPSA) is 12.0 Å².